The van der Waals surface area contributed by atoms with Gasteiger partial charge in [0.1, 0.15) is 6.11 Å². The highest BCUT2D eigenvalue weighted by Crippen LogP contribution is 2.38. The summed E-state index contributed by atoms with van der Waals surface area (Å²) in [5, 5.41) is 0. The quantitative estimate of drug-likeness (QED) is 0.465. The van der Waals surface area contributed by atoms with Gasteiger partial charge in [-0.2, -0.15) is 0 Å². The van der Waals surface area contributed by atoms with E-state index in [-0.39, 0.29) is 10.8 Å². The lowest BCUT2D eigenvalue weighted by atomic mass is 9.79. The first kappa shape index (κ1) is 20.6. The third kappa shape index (κ3) is 4.91. The number of aliphatic imine (C=N–C) groups is 1. The fourth-order valence-electron chi connectivity index (χ4n) is 3.60. The number of nitrogens with zero attached hydrogens (tertiary/aromatic N) is 1. The summed E-state index contributed by atoms with van der Waals surface area (Å²) in [6.45, 7) is 15.6. The molecule has 2 heteroatoms. The molecule has 0 spiro atoms. The Bertz CT molecular complexity index is 695. The molecule has 1 aromatic rings. The SMILES string of the molecule is C#COc1c(/C=N/C2CCCCC2C)cc(C(C)(C)C)cc1C(C)(C)C. The van der Waals surface area contributed by atoms with Crippen molar-refractivity contribution >= 4 is 6.21 Å². The second-order valence-electron chi connectivity index (χ2n) is 9.77. The van der Waals surface area contributed by atoms with E-state index in [0.717, 1.165) is 16.9 Å². The summed E-state index contributed by atoms with van der Waals surface area (Å²) in [4.78, 5) is 4.95. The molecular weight excluding hydrogens is 318 g/mol. The molecule has 0 bridgehead atoms. The molecule has 0 N–H and O–H groups in total. The van der Waals surface area contributed by atoms with Crippen LogP contribution in [0.25, 0.3) is 0 Å². The number of benzene rings is 1. The average Bonchev–Trinajstić information content (AvgIpc) is 2.53. The van der Waals surface area contributed by atoms with Gasteiger partial charge in [-0.05, 0) is 41.2 Å². The van der Waals surface area contributed by atoms with E-state index in [9.17, 15) is 0 Å². The zero-order valence-electron chi connectivity index (χ0n) is 17.6. The number of terminal acetylenes is 1. The van der Waals surface area contributed by atoms with Gasteiger partial charge in [0.2, 0.25) is 0 Å². The van der Waals surface area contributed by atoms with Crippen molar-refractivity contribution in [2.45, 2.75) is 91.0 Å². The maximum absolute atomic E-state index is 5.67. The normalized spacial score (nSPS) is 21.6. The molecule has 0 heterocycles. The van der Waals surface area contributed by atoms with Crippen molar-refractivity contribution in [2.75, 3.05) is 0 Å². The molecule has 26 heavy (non-hydrogen) atoms. The van der Waals surface area contributed by atoms with Crippen molar-refractivity contribution in [1.82, 2.24) is 0 Å². The largest absolute Gasteiger partial charge is 0.407 e. The summed E-state index contributed by atoms with van der Waals surface area (Å²) in [6, 6.07) is 4.84. The molecule has 0 radical (unpaired) electrons. The molecule has 0 aliphatic heterocycles. The molecule has 2 rings (SSSR count). The van der Waals surface area contributed by atoms with E-state index in [1.165, 1.54) is 31.2 Å². The van der Waals surface area contributed by atoms with Crippen molar-refractivity contribution in [3.8, 4) is 18.3 Å². The Kier molecular flexibility index (Phi) is 6.22. The Morgan fingerprint density at radius 1 is 1.08 bits per heavy atom. The van der Waals surface area contributed by atoms with Crippen LogP contribution in [0.15, 0.2) is 17.1 Å². The summed E-state index contributed by atoms with van der Waals surface area (Å²) >= 11 is 0. The van der Waals surface area contributed by atoms with E-state index in [1.807, 2.05) is 6.21 Å². The van der Waals surface area contributed by atoms with Gasteiger partial charge in [-0.3, -0.25) is 4.99 Å². The molecule has 142 valence electrons. The zero-order valence-corrected chi connectivity index (χ0v) is 17.6. The monoisotopic (exact) mass is 353 g/mol. The van der Waals surface area contributed by atoms with Gasteiger partial charge < -0.3 is 4.74 Å². The second kappa shape index (κ2) is 7.87. The Morgan fingerprint density at radius 2 is 1.73 bits per heavy atom. The molecule has 1 aliphatic carbocycles. The first-order chi connectivity index (χ1) is 12.0. The molecule has 1 fully saturated rings. The van der Waals surface area contributed by atoms with Crippen LogP contribution in [0.2, 0.25) is 0 Å². The van der Waals surface area contributed by atoms with Crippen LogP contribution in [0, 0.1) is 18.4 Å². The summed E-state index contributed by atoms with van der Waals surface area (Å²) in [6.07, 6.45) is 14.9. The van der Waals surface area contributed by atoms with Crippen molar-refractivity contribution in [2.24, 2.45) is 10.9 Å². The first-order valence-electron chi connectivity index (χ1n) is 9.88. The Balaban J connectivity index is 2.56. The van der Waals surface area contributed by atoms with E-state index >= 15 is 0 Å². The molecule has 0 aromatic heterocycles. The molecule has 2 nitrogen and oxygen atoms in total. The molecule has 1 aromatic carbocycles. The fourth-order valence-corrected chi connectivity index (χ4v) is 3.60. The maximum atomic E-state index is 5.67. The average molecular weight is 354 g/mol. The second-order valence-corrected chi connectivity index (χ2v) is 9.77. The Labute approximate surface area is 160 Å². The highest BCUT2D eigenvalue weighted by Gasteiger charge is 2.26. The van der Waals surface area contributed by atoms with Crippen molar-refractivity contribution < 1.29 is 4.74 Å². The minimum absolute atomic E-state index is 0.0510. The molecule has 1 aliphatic rings. The van der Waals surface area contributed by atoms with Crippen LogP contribution < -0.4 is 4.74 Å². The number of hydrogen-bond donors (Lipinski definition) is 0. The van der Waals surface area contributed by atoms with Crippen molar-refractivity contribution in [1.29, 1.82) is 0 Å². The van der Waals surface area contributed by atoms with E-state index in [0.29, 0.717) is 12.0 Å². The van der Waals surface area contributed by atoms with Gasteiger partial charge in [-0.15, -0.1) is 0 Å². The lowest BCUT2D eigenvalue weighted by Gasteiger charge is -2.28. The summed E-state index contributed by atoms with van der Waals surface area (Å²) in [5.41, 5.74) is 3.41. The summed E-state index contributed by atoms with van der Waals surface area (Å²) in [5.74, 6) is 1.42. The molecule has 2 atom stereocenters. The number of ether oxygens (including phenoxy) is 1. The highest BCUT2D eigenvalue weighted by molar-refractivity contribution is 5.85. The van der Waals surface area contributed by atoms with Gasteiger partial charge in [0.25, 0.3) is 0 Å². The van der Waals surface area contributed by atoms with Crippen LogP contribution in [0.1, 0.15) is 90.8 Å². The number of hydrogen-bond acceptors (Lipinski definition) is 2. The van der Waals surface area contributed by atoms with Gasteiger partial charge in [-0.25, -0.2) is 0 Å². The van der Waals surface area contributed by atoms with Gasteiger partial charge in [0, 0.05) is 17.3 Å². The predicted octanol–water partition coefficient (Wildman–Crippen LogP) is 6.25. The van der Waals surface area contributed by atoms with Crippen LogP contribution in [0.3, 0.4) is 0 Å². The number of rotatable bonds is 3. The lowest BCUT2D eigenvalue weighted by Crippen LogP contribution is -2.21. The third-order valence-corrected chi connectivity index (χ3v) is 5.42. The first-order valence-corrected chi connectivity index (χ1v) is 9.88. The van der Waals surface area contributed by atoms with Crippen molar-refractivity contribution in [3.05, 3.63) is 28.8 Å². The van der Waals surface area contributed by atoms with Gasteiger partial charge >= 0.3 is 0 Å². The molecule has 2 unspecified atom stereocenters. The van der Waals surface area contributed by atoms with E-state index in [4.69, 9.17) is 16.2 Å². The minimum Gasteiger partial charge on any atom is -0.407 e. The highest BCUT2D eigenvalue weighted by atomic mass is 16.5. The van der Waals surface area contributed by atoms with E-state index < -0.39 is 0 Å². The fraction of sp³-hybridized carbons (Fsp3) is 0.625. The zero-order chi connectivity index (χ0) is 19.5. The predicted molar refractivity (Wildman–Crippen MR) is 112 cm³/mol. The van der Waals surface area contributed by atoms with Crippen LogP contribution in [-0.2, 0) is 10.8 Å². The van der Waals surface area contributed by atoms with Gasteiger partial charge in [0.15, 0.2) is 5.75 Å². The smallest absolute Gasteiger partial charge is 0.152 e. The Morgan fingerprint density at radius 3 is 2.27 bits per heavy atom. The van der Waals surface area contributed by atoms with Crippen LogP contribution in [0.4, 0.5) is 0 Å². The molecule has 0 saturated heterocycles. The summed E-state index contributed by atoms with van der Waals surface area (Å²) < 4.78 is 5.67. The molecule has 1 saturated carbocycles. The van der Waals surface area contributed by atoms with Crippen molar-refractivity contribution in [3.63, 3.8) is 0 Å². The lowest BCUT2D eigenvalue weighted by molar-refractivity contribution is 0.333. The topological polar surface area (TPSA) is 21.6 Å². The van der Waals surface area contributed by atoms with Crippen LogP contribution >= 0.6 is 0 Å². The van der Waals surface area contributed by atoms with E-state index in [1.54, 1.807) is 0 Å². The van der Waals surface area contributed by atoms with Gasteiger partial charge in [-0.1, -0.05) is 73.8 Å². The van der Waals surface area contributed by atoms with E-state index in [2.05, 4.69) is 66.7 Å². The maximum Gasteiger partial charge on any atom is 0.152 e. The molecular formula is C24H35NO. The van der Waals surface area contributed by atoms with Gasteiger partial charge in [0.05, 0.1) is 6.04 Å². The van der Waals surface area contributed by atoms with Crippen LogP contribution in [-0.4, -0.2) is 12.3 Å². The standard InChI is InChI=1S/C24H35NO/c1-9-26-22-18(16-25-21-13-11-10-12-17(21)2)14-19(23(3,4)5)15-20(22)24(6,7)8/h1,14-17,21H,10-13H2,2-8H3/b25-16+. The summed E-state index contributed by atoms with van der Waals surface area (Å²) in [7, 11) is 0. The van der Waals surface area contributed by atoms with Crippen LogP contribution in [0.5, 0.6) is 5.75 Å². The molecule has 0 amide bonds. The Hall–Kier alpha value is -1.75. The minimum atomic E-state index is -0.0613. The third-order valence-electron chi connectivity index (χ3n) is 5.42.